The smallest absolute Gasteiger partial charge is 0.257 e. The summed E-state index contributed by atoms with van der Waals surface area (Å²) in [6.45, 7) is 5.02. The lowest BCUT2D eigenvalue weighted by Gasteiger charge is -2.31. The van der Waals surface area contributed by atoms with Crippen LogP contribution in [0.5, 0.6) is 0 Å². The minimum Gasteiger partial charge on any atom is -0.469 e. The van der Waals surface area contributed by atoms with Crippen LogP contribution < -0.4 is 5.32 Å². The highest BCUT2D eigenvalue weighted by atomic mass is 16.3. The molecular formula is C25H26N2O3. The van der Waals surface area contributed by atoms with E-state index in [4.69, 9.17) is 4.42 Å². The monoisotopic (exact) mass is 402 g/mol. The Kier molecular flexibility index (Phi) is 5.70. The highest BCUT2D eigenvalue weighted by Gasteiger charge is 2.28. The number of piperidine rings is 1. The van der Waals surface area contributed by atoms with Crippen molar-refractivity contribution in [3.8, 4) is 11.1 Å². The summed E-state index contributed by atoms with van der Waals surface area (Å²) in [7, 11) is 0. The molecular weight excluding hydrogens is 376 g/mol. The van der Waals surface area contributed by atoms with Gasteiger partial charge in [-0.05, 0) is 56.0 Å². The summed E-state index contributed by atoms with van der Waals surface area (Å²) < 4.78 is 5.23. The molecule has 1 aliphatic rings. The largest absolute Gasteiger partial charge is 0.469 e. The van der Waals surface area contributed by atoms with Crippen LogP contribution in [0.2, 0.25) is 0 Å². The van der Waals surface area contributed by atoms with Gasteiger partial charge >= 0.3 is 0 Å². The molecule has 0 spiro atoms. The van der Waals surface area contributed by atoms with Gasteiger partial charge in [-0.2, -0.15) is 0 Å². The number of nitrogens with one attached hydrogen (secondary N) is 1. The van der Waals surface area contributed by atoms with Crippen molar-refractivity contribution in [1.82, 2.24) is 4.90 Å². The summed E-state index contributed by atoms with van der Waals surface area (Å²) in [5.74, 6) is 0.543. The van der Waals surface area contributed by atoms with Crippen LogP contribution in [-0.2, 0) is 4.79 Å². The van der Waals surface area contributed by atoms with Crippen molar-refractivity contribution < 1.29 is 14.0 Å². The fourth-order valence-electron chi connectivity index (χ4n) is 3.94. The molecule has 2 aromatic carbocycles. The van der Waals surface area contributed by atoms with Gasteiger partial charge in [0.1, 0.15) is 5.76 Å². The standard InChI is InChI=1S/C25H26N2O3/c1-17-4-3-5-21(16-17)19-6-8-22(9-7-19)26-24(28)20-10-13-27(14-11-20)25(29)23-12-15-30-18(23)2/h3-9,12,15-16,20H,10-11,13-14H2,1-2H3,(H,26,28). The van der Waals surface area contributed by atoms with Gasteiger partial charge in [-0.15, -0.1) is 0 Å². The molecule has 1 saturated heterocycles. The van der Waals surface area contributed by atoms with Crippen LogP contribution in [-0.4, -0.2) is 29.8 Å². The first-order valence-electron chi connectivity index (χ1n) is 10.3. The molecule has 1 aliphatic heterocycles. The molecule has 0 radical (unpaired) electrons. The van der Waals surface area contributed by atoms with Crippen molar-refractivity contribution in [3.05, 3.63) is 77.7 Å². The van der Waals surface area contributed by atoms with Crippen molar-refractivity contribution in [1.29, 1.82) is 0 Å². The van der Waals surface area contributed by atoms with Gasteiger partial charge in [0.15, 0.2) is 0 Å². The first kappa shape index (κ1) is 20.0. The molecule has 1 N–H and O–H groups in total. The summed E-state index contributed by atoms with van der Waals surface area (Å²) in [4.78, 5) is 27.1. The van der Waals surface area contributed by atoms with Crippen LogP contribution in [0.4, 0.5) is 5.69 Å². The van der Waals surface area contributed by atoms with Crippen LogP contribution in [0.15, 0.2) is 65.3 Å². The lowest BCUT2D eigenvalue weighted by molar-refractivity contribution is -0.121. The predicted molar refractivity (Wildman–Crippen MR) is 117 cm³/mol. The normalized spacial score (nSPS) is 14.5. The summed E-state index contributed by atoms with van der Waals surface area (Å²) >= 11 is 0. The molecule has 0 bridgehead atoms. The Bertz CT molecular complexity index is 1040. The lowest BCUT2D eigenvalue weighted by atomic mass is 9.95. The fraction of sp³-hybridized carbons (Fsp3) is 0.280. The molecule has 3 aromatic rings. The van der Waals surface area contributed by atoms with Crippen LogP contribution in [0.1, 0.15) is 34.5 Å². The van der Waals surface area contributed by atoms with E-state index in [2.05, 4.69) is 30.4 Å². The molecule has 0 unspecified atom stereocenters. The van der Waals surface area contributed by atoms with Crippen molar-refractivity contribution in [2.45, 2.75) is 26.7 Å². The van der Waals surface area contributed by atoms with Crippen LogP contribution in [0.25, 0.3) is 11.1 Å². The van der Waals surface area contributed by atoms with E-state index >= 15 is 0 Å². The SMILES string of the molecule is Cc1cccc(-c2ccc(NC(=O)C3CCN(C(=O)c4ccoc4C)CC3)cc2)c1. The summed E-state index contributed by atoms with van der Waals surface area (Å²) in [5.41, 5.74) is 4.91. The van der Waals surface area contributed by atoms with Gasteiger partial charge in [0.05, 0.1) is 11.8 Å². The quantitative estimate of drug-likeness (QED) is 0.664. The summed E-state index contributed by atoms with van der Waals surface area (Å²) in [5, 5.41) is 3.03. The number of benzene rings is 2. The topological polar surface area (TPSA) is 62.6 Å². The minimum absolute atomic E-state index is 0.0184. The molecule has 1 aromatic heterocycles. The van der Waals surface area contributed by atoms with Crippen molar-refractivity contribution >= 4 is 17.5 Å². The van der Waals surface area contributed by atoms with Gasteiger partial charge < -0.3 is 14.6 Å². The maximum atomic E-state index is 12.7. The zero-order valence-electron chi connectivity index (χ0n) is 17.4. The van der Waals surface area contributed by atoms with E-state index < -0.39 is 0 Å². The average molecular weight is 402 g/mol. The van der Waals surface area contributed by atoms with Crippen molar-refractivity contribution in [3.63, 3.8) is 0 Å². The number of hydrogen-bond acceptors (Lipinski definition) is 3. The van der Waals surface area contributed by atoms with Gasteiger partial charge in [-0.1, -0.05) is 42.0 Å². The molecule has 5 nitrogen and oxygen atoms in total. The number of aryl methyl sites for hydroxylation is 2. The van der Waals surface area contributed by atoms with Crippen LogP contribution in [0.3, 0.4) is 0 Å². The number of amides is 2. The molecule has 0 aliphatic carbocycles. The molecule has 2 amide bonds. The molecule has 1 fully saturated rings. The molecule has 2 heterocycles. The average Bonchev–Trinajstić information content (AvgIpc) is 3.19. The Balaban J connectivity index is 1.33. The Labute approximate surface area is 176 Å². The maximum Gasteiger partial charge on any atom is 0.257 e. The van der Waals surface area contributed by atoms with Gasteiger partial charge in [0.25, 0.3) is 5.91 Å². The van der Waals surface area contributed by atoms with Crippen molar-refractivity contribution in [2.75, 3.05) is 18.4 Å². The number of furan rings is 1. The van der Waals surface area contributed by atoms with E-state index in [9.17, 15) is 9.59 Å². The predicted octanol–water partition coefficient (Wildman–Crippen LogP) is 5.05. The number of likely N-dealkylation sites (tertiary alicyclic amines) is 1. The van der Waals surface area contributed by atoms with Gasteiger partial charge in [0.2, 0.25) is 5.91 Å². The zero-order valence-corrected chi connectivity index (χ0v) is 17.4. The second kappa shape index (κ2) is 8.57. The number of anilines is 1. The van der Waals surface area contributed by atoms with E-state index in [1.165, 1.54) is 11.8 Å². The van der Waals surface area contributed by atoms with Gasteiger partial charge in [0, 0.05) is 24.7 Å². The first-order chi connectivity index (χ1) is 14.5. The summed E-state index contributed by atoms with van der Waals surface area (Å²) in [6.07, 6.45) is 2.86. The third-order valence-electron chi connectivity index (χ3n) is 5.75. The van der Waals surface area contributed by atoms with E-state index in [1.54, 1.807) is 17.9 Å². The number of carbonyl (C=O) groups excluding carboxylic acids is 2. The number of carbonyl (C=O) groups is 2. The maximum absolute atomic E-state index is 12.7. The second-order valence-electron chi connectivity index (χ2n) is 7.89. The zero-order chi connectivity index (χ0) is 21.1. The third kappa shape index (κ3) is 4.30. The summed E-state index contributed by atoms with van der Waals surface area (Å²) in [6, 6.07) is 18.0. The Morgan fingerprint density at radius 1 is 0.967 bits per heavy atom. The van der Waals surface area contributed by atoms with Crippen LogP contribution >= 0.6 is 0 Å². The fourth-order valence-corrected chi connectivity index (χ4v) is 3.94. The Hall–Kier alpha value is -3.34. The molecule has 30 heavy (non-hydrogen) atoms. The third-order valence-corrected chi connectivity index (χ3v) is 5.75. The Morgan fingerprint density at radius 3 is 2.33 bits per heavy atom. The minimum atomic E-state index is -0.0871. The van der Waals surface area contributed by atoms with Crippen LogP contribution in [0, 0.1) is 19.8 Å². The Morgan fingerprint density at radius 2 is 1.70 bits per heavy atom. The molecule has 4 rings (SSSR count). The van der Waals surface area contributed by atoms with Gasteiger partial charge in [-0.3, -0.25) is 9.59 Å². The number of hydrogen-bond donors (Lipinski definition) is 1. The molecule has 154 valence electrons. The van der Waals surface area contributed by atoms with E-state index in [0.717, 1.165) is 16.8 Å². The number of nitrogens with zero attached hydrogens (tertiary/aromatic N) is 1. The highest BCUT2D eigenvalue weighted by molar-refractivity contribution is 5.96. The highest BCUT2D eigenvalue weighted by Crippen LogP contribution is 2.25. The van der Waals surface area contributed by atoms with Crippen molar-refractivity contribution in [2.24, 2.45) is 5.92 Å². The second-order valence-corrected chi connectivity index (χ2v) is 7.89. The van der Waals surface area contributed by atoms with Gasteiger partial charge in [-0.25, -0.2) is 0 Å². The molecule has 0 saturated carbocycles. The molecule has 0 atom stereocenters. The van der Waals surface area contributed by atoms with E-state index in [1.807, 2.05) is 30.3 Å². The van der Waals surface area contributed by atoms with E-state index in [-0.39, 0.29) is 17.7 Å². The lowest BCUT2D eigenvalue weighted by Crippen LogP contribution is -2.41. The van der Waals surface area contributed by atoms with E-state index in [0.29, 0.717) is 37.3 Å². The molecule has 5 heteroatoms. The number of rotatable bonds is 4. The first-order valence-corrected chi connectivity index (χ1v) is 10.3.